The first kappa shape index (κ1) is 21.9. The summed E-state index contributed by atoms with van der Waals surface area (Å²) < 4.78 is 11.5. The van der Waals surface area contributed by atoms with Crippen LogP contribution in [0.2, 0.25) is 5.02 Å². The first-order valence-corrected chi connectivity index (χ1v) is 11.5. The fourth-order valence-corrected chi connectivity index (χ4v) is 4.57. The number of hydrogen-bond donors (Lipinski definition) is 1. The van der Waals surface area contributed by atoms with Crippen LogP contribution in [0.15, 0.2) is 22.7 Å². The summed E-state index contributed by atoms with van der Waals surface area (Å²) in [6.45, 7) is 6.14. The minimum Gasteiger partial charge on any atom is -0.449 e. The van der Waals surface area contributed by atoms with Crippen LogP contribution in [-0.2, 0) is 11.3 Å². The average molecular weight is 465 g/mol. The van der Waals surface area contributed by atoms with Crippen LogP contribution < -0.4 is 4.90 Å². The topological polar surface area (TPSA) is 91.9 Å². The molecular formula is C21H25ClN4O4S. The van der Waals surface area contributed by atoms with E-state index >= 15 is 0 Å². The van der Waals surface area contributed by atoms with Gasteiger partial charge >= 0.3 is 6.09 Å². The Kier molecular flexibility index (Phi) is 6.64. The Balaban J connectivity index is 1.55. The number of aliphatic hydroxyl groups excluding tert-OH is 1. The van der Waals surface area contributed by atoms with E-state index in [9.17, 15) is 9.90 Å². The van der Waals surface area contributed by atoms with Gasteiger partial charge in [-0.3, -0.25) is 0 Å². The average Bonchev–Trinajstić information content (AvgIpc) is 3.40. The quantitative estimate of drug-likeness (QED) is 0.535. The third-order valence-corrected chi connectivity index (χ3v) is 6.47. The molecule has 4 rings (SSSR count). The Morgan fingerprint density at radius 3 is 2.97 bits per heavy atom. The second-order valence-electron chi connectivity index (χ2n) is 7.54. The van der Waals surface area contributed by atoms with Crippen LogP contribution in [0.5, 0.6) is 0 Å². The van der Waals surface area contributed by atoms with Crippen molar-refractivity contribution in [2.75, 3.05) is 31.1 Å². The molecule has 0 spiro atoms. The maximum atomic E-state index is 12.3. The summed E-state index contributed by atoms with van der Waals surface area (Å²) in [4.78, 5) is 25.9. The molecule has 1 aromatic carbocycles. The van der Waals surface area contributed by atoms with Crippen molar-refractivity contribution in [3.05, 3.63) is 28.2 Å². The van der Waals surface area contributed by atoms with E-state index in [1.54, 1.807) is 23.2 Å². The third kappa shape index (κ3) is 4.63. The Morgan fingerprint density at radius 1 is 1.42 bits per heavy atom. The Hall–Kier alpha value is -2.36. The summed E-state index contributed by atoms with van der Waals surface area (Å²) in [6, 6.07) is 4.07. The standard InChI is InChI=1S/C21H25ClN4O4S/c1-3-4-7-29-21(28)25-5-6-26(13(2)11-25)20-24-17-9-14(22)8-16(18(17)30-20)19-23-10-15(12-27)31-19/h8-10,13,27H,3-7,11-12H2,1-2H3. The minimum atomic E-state index is -0.268. The highest BCUT2D eigenvalue weighted by Gasteiger charge is 2.30. The van der Waals surface area contributed by atoms with Crippen LogP contribution in [0.1, 0.15) is 31.6 Å². The van der Waals surface area contributed by atoms with Crippen LogP contribution in [0.4, 0.5) is 10.8 Å². The lowest BCUT2D eigenvalue weighted by Gasteiger charge is -2.38. The minimum absolute atomic E-state index is 0.0142. The highest BCUT2D eigenvalue weighted by Crippen LogP contribution is 2.37. The van der Waals surface area contributed by atoms with E-state index in [-0.39, 0.29) is 18.7 Å². The number of anilines is 1. The van der Waals surface area contributed by atoms with Crippen LogP contribution in [-0.4, -0.2) is 58.4 Å². The predicted octanol–water partition coefficient (Wildman–Crippen LogP) is 4.54. The SMILES string of the molecule is CCCCOC(=O)N1CCN(c2nc3cc(Cl)cc(-c4ncc(CO)s4)c3o2)C(C)C1. The van der Waals surface area contributed by atoms with E-state index in [0.717, 1.165) is 23.3 Å². The van der Waals surface area contributed by atoms with Gasteiger partial charge in [-0.05, 0) is 25.5 Å². The summed E-state index contributed by atoms with van der Waals surface area (Å²) >= 11 is 7.71. The molecule has 1 aliphatic rings. The number of nitrogens with zero attached hydrogens (tertiary/aromatic N) is 4. The molecule has 0 aliphatic carbocycles. The van der Waals surface area contributed by atoms with Crippen molar-refractivity contribution in [1.29, 1.82) is 0 Å². The highest BCUT2D eigenvalue weighted by molar-refractivity contribution is 7.15. The number of aromatic nitrogens is 2. The van der Waals surface area contributed by atoms with Crippen LogP contribution >= 0.6 is 22.9 Å². The van der Waals surface area contributed by atoms with Gasteiger partial charge in [0.25, 0.3) is 6.01 Å². The van der Waals surface area contributed by atoms with Crippen molar-refractivity contribution in [2.45, 2.75) is 39.3 Å². The van der Waals surface area contributed by atoms with E-state index in [0.29, 0.717) is 53.4 Å². The van der Waals surface area contributed by atoms with Crippen molar-refractivity contribution in [1.82, 2.24) is 14.9 Å². The summed E-state index contributed by atoms with van der Waals surface area (Å²) in [5.74, 6) is 0. The molecule has 1 aliphatic heterocycles. The van der Waals surface area contributed by atoms with E-state index in [1.807, 2.05) is 6.92 Å². The van der Waals surface area contributed by atoms with Gasteiger partial charge in [-0.2, -0.15) is 4.98 Å². The van der Waals surface area contributed by atoms with Crippen LogP contribution in [0, 0.1) is 0 Å². The summed E-state index contributed by atoms with van der Waals surface area (Å²) in [5.41, 5.74) is 2.00. The van der Waals surface area contributed by atoms with E-state index in [2.05, 4.69) is 21.8 Å². The number of benzene rings is 1. The molecule has 0 saturated carbocycles. The van der Waals surface area contributed by atoms with Crippen molar-refractivity contribution in [3.8, 4) is 10.6 Å². The molecule has 0 radical (unpaired) electrons. The fourth-order valence-electron chi connectivity index (χ4n) is 3.58. The van der Waals surface area contributed by atoms with Crippen molar-refractivity contribution in [3.63, 3.8) is 0 Å². The van der Waals surface area contributed by atoms with Gasteiger partial charge in [0.05, 0.1) is 23.7 Å². The molecule has 1 saturated heterocycles. The molecule has 1 amide bonds. The van der Waals surface area contributed by atoms with Gasteiger partial charge in [0, 0.05) is 36.9 Å². The zero-order chi connectivity index (χ0) is 22.0. The molecular weight excluding hydrogens is 440 g/mol. The zero-order valence-corrected chi connectivity index (χ0v) is 19.1. The van der Waals surface area contributed by atoms with Gasteiger partial charge in [-0.25, -0.2) is 9.78 Å². The summed E-state index contributed by atoms with van der Waals surface area (Å²) in [6.07, 6.45) is 3.23. The molecule has 3 aromatic rings. The fraction of sp³-hybridized carbons (Fsp3) is 0.476. The Bertz CT molecular complexity index is 1070. The number of thiazole rings is 1. The highest BCUT2D eigenvalue weighted by atomic mass is 35.5. The summed E-state index contributed by atoms with van der Waals surface area (Å²) in [7, 11) is 0. The first-order valence-electron chi connectivity index (χ1n) is 10.3. The third-order valence-electron chi connectivity index (χ3n) is 5.24. The van der Waals surface area contributed by atoms with Gasteiger partial charge in [-0.1, -0.05) is 24.9 Å². The number of fused-ring (bicyclic) bond motifs is 1. The van der Waals surface area contributed by atoms with Gasteiger partial charge in [0.1, 0.15) is 10.5 Å². The molecule has 166 valence electrons. The maximum Gasteiger partial charge on any atom is 0.409 e. The molecule has 1 fully saturated rings. The number of hydrogen-bond acceptors (Lipinski definition) is 8. The van der Waals surface area contributed by atoms with Gasteiger partial charge in [0.2, 0.25) is 0 Å². The molecule has 0 bridgehead atoms. The maximum absolute atomic E-state index is 12.3. The van der Waals surface area contributed by atoms with Crippen molar-refractivity contribution in [2.24, 2.45) is 0 Å². The molecule has 1 N–H and O–H groups in total. The lowest BCUT2D eigenvalue weighted by molar-refractivity contribution is 0.0939. The number of carbonyl (C=O) groups is 1. The largest absolute Gasteiger partial charge is 0.449 e. The van der Waals surface area contributed by atoms with Crippen molar-refractivity contribution >= 4 is 46.1 Å². The normalized spacial score (nSPS) is 16.8. The first-order chi connectivity index (χ1) is 15.0. The Morgan fingerprint density at radius 2 is 2.26 bits per heavy atom. The molecule has 31 heavy (non-hydrogen) atoms. The van der Waals surface area contributed by atoms with Gasteiger partial charge in [-0.15, -0.1) is 11.3 Å². The Labute approximate surface area is 189 Å². The molecule has 1 atom stereocenters. The number of rotatable bonds is 6. The van der Waals surface area contributed by atoms with E-state index in [1.165, 1.54) is 11.3 Å². The molecule has 3 heterocycles. The lowest BCUT2D eigenvalue weighted by atomic mass is 10.2. The smallest absolute Gasteiger partial charge is 0.409 e. The van der Waals surface area contributed by atoms with Crippen molar-refractivity contribution < 1.29 is 19.1 Å². The monoisotopic (exact) mass is 464 g/mol. The second-order valence-corrected chi connectivity index (χ2v) is 9.10. The number of ether oxygens (including phenoxy) is 1. The molecule has 10 heteroatoms. The second kappa shape index (κ2) is 9.42. The molecule has 8 nitrogen and oxygen atoms in total. The summed E-state index contributed by atoms with van der Waals surface area (Å²) in [5, 5.41) is 10.6. The van der Waals surface area contributed by atoms with Gasteiger partial charge < -0.3 is 24.1 Å². The zero-order valence-electron chi connectivity index (χ0n) is 17.5. The van der Waals surface area contributed by atoms with Crippen LogP contribution in [0.25, 0.3) is 21.7 Å². The van der Waals surface area contributed by atoms with Crippen LogP contribution in [0.3, 0.4) is 0 Å². The van der Waals surface area contributed by atoms with E-state index < -0.39 is 0 Å². The molecule has 2 aromatic heterocycles. The van der Waals surface area contributed by atoms with Gasteiger partial charge in [0.15, 0.2) is 5.58 Å². The molecule has 1 unspecified atom stereocenters. The number of oxazole rings is 1. The number of carbonyl (C=O) groups excluding carboxylic acids is 1. The number of halogens is 1. The number of aliphatic hydroxyl groups is 1. The van der Waals surface area contributed by atoms with E-state index in [4.69, 9.17) is 20.8 Å². The number of unbranched alkanes of at least 4 members (excludes halogenated alkanes) is 1. The lowest BCUT2D eigenvalue weighted by Crippen LogP contribution is -2.54. The number of piperazine rings is 1. The number of amides is 1. The predicted molar refractivity (Wildman–Crippen MR) is 121 cm³/mol.